The number of allylic oxidation sites excluding steroid dienone is 1. The minimum absolute atomic E-state index is 0.618. The highest BCUT2D eigenvalue weighted by molar-refractivity contribution is 6.18. The van der Waals surface area contributed by atoms with Crippen molar-refractivity contribution in [3.8, 4) is 16.8 Å². The Kier molecular flexibility index (Phi) is 7.90. The second-order valence-electron chi connectivity index (χ2n) is 13.0. The first-order chi connectivity index (χ1) is 25.7. The quantitative estimate of drug-likeness (QED) is 0.129. The SMILES string of the molecule is C/C=C(/N=C(N=C(C)c1ccccc1)n1c2ccccc2c2cc(-c3ccc4c(c3)c3ccccc3n4-c3ccccc3)ccc21)c1ccccc1. The fourth-order valence-corrected chi connectivity index (χ4v) is 7.41. The molecule has 0 amide bonds. The fourth-order valence-electron chi connectivity index (χ4n) is 7.41. The van der Waals surface area contributed by atoms with Gasteiger partial charge in [-0.2, -0.15) is 0 Å². The van der Waals surface area contributed by atoms with Gasteiger partial charge in [0.15, 0.2) is 0 Å². The molecule has 0 aliphatic heterocycles. The van der Waals surface area contributed by atoms with Crippen LogP contribution in [0.15, 0.2) is 192 Å². The predicted octanol–water partition coefficient (Wildman–Crippen LogP) is 12.3. The van der Waals surface area contributed by atoms with E-state index in [9.17, 15) is 0 Å². The van der Waals surface area contributed by atoms with E-state index in [1.165, 1.54) is 27.4 Å². The van der Waals surface area contributed by atoms with Crippen LogP contribution in [0, 0.1) is 0 Å². The number of rotatable bonds is 5. The summed E-state index contributed by atoms with van der Waals surface area (Å²) in [4.78, 5) is 10.6. The molecule has 0 spiro atoms. The Morgan fingerprint density at radius 3 is 1.60 bits per heavy atom. The number of fused-ring (bicyclic) bond motifs is 6. The van der Waals surface area contributed by atoms with Crippen molar-refractivity contribution in [2.75, 3.05) is 0 Å². The van der Waals surface area contributed by atoms with E-state index in [1.807, 2.05) is 43.3 Å². The average Bonchev–Trinajstić information content (AvgIpc) is 3.72. The van der Waals surface area contributed by atoms with Crippen LogP contribution in [0.5, 0.6) is 0 Å². The predicted molar refractivity (Wildman–Crippen MR) is 221 cm³/mol. The summed E-state index contributed by atoms with van der Waals surface area (Å²) in [5, 5.41) is 4.79. The number of nitrogens with zero attached hydrogens (tertiary/aromatic N) is 4. The highest BCUT2D eigenvalue weighted by atomic mass is 15.2. The van der Waals surface area contributed by atoms with Gasteiger partial charge in [0.25, 0.3) is 0 Å². The Balaban J connectivity index is 1.24. The molecule has 0 radical (unpaired) electrons. The van der Waals surface area contributed by atoms with Crippen molar-refractivity contribution in [1.82, 2.24) is 9.13 Å². The van der Waals surface area contributed by atoms with Gasteiger partial charge in [0.05, 0.1) is 27.8 Å². The molecule has 0 aliphatic rings. The lowest BCUT2D eigenvalue weighted by Gasteiger charge is -2.11. The Bertz CT molecular complexity index is 2840. The number of para-hydroxylation sites is 3. The van der Waals surface area contributed by atoms with Crippen molar-refractivity contribution < 1.29 is 0 Å². The van der Waals surface area contributed by atoms with Crippen LogP contribution >= 0.6 is 0 Å². The summed E-state index contributed by atoms with van der Waals surface area (Å²) >= 11 is 0. The summed E-state index contributed by atoms with van der Waals surface area (Å²) in [7, 11) is 0. The van der Waals surface area contributed by atoms with Crippen LogP contribution in [-0.4, -0.2) is 20.8 Å². The molecule has 52 heavy (non-hydrogen) atoms. The molecule has 2 heterocycles. The van der Waals surface area contributed by atoms with Gasteiger partial charge in [0.2, 0.25) is 5.96 Å². The molecule has 0 unspecified atom stereocenters. The van der Waals surface area contributed by atoms with E-state index in [2.05, 4.69) is 162 Å². The first-order valence-corrected chi connectivity index (χ1v) is 17.7. The van der Waals surface area contributed by atoms with Crippen LogP contribution in [0.2, 0.25) is 0 Å². The van der Waals surface area contributed by atoms with Crippen LogP contribution in [0.1, 0.15) is 25.0 Å². The zero-order valence-corrected chi connectivity index (χ0v) is 29.1. The lowest BCUT2D eigenvalue weighted by Crippen LogP contribution is -2.12. The van der Waals surface area contributed by atoms with Gasteiger partial charge in [-0.3, -0.25) is 4.57 Å². The molecule has 4 heteroatoms. The molecule has 9 rings (SSSR count). The summed E-state index contributed by atoms with van der Waals surface area (Å²) in [6.07, 6.45) is 2.06. The molecule has 0 aliphatic carbocycles. The second kappa shape index (κ2) is 13.2. The molecule has 0 saturated heterocycles. The van der Waals surface area contributed by atoms with E-state index in [4.69, 9.17) is 9.98 Å². The normalized spacial score (nSPS) is 12.8. The lowest BCUT2D eigenvalue weighted by molar-refractivity contribution is 1.18. The summed E-state index contributed by atoms with van der Waals surface area (Å²) < 4.78 is 4.57. The van der Waals surface area contributed by atoms with Crippen molar-refractivity contribution in [1.29, 1.82) is 0 Å². The number of aromatic nitrogens is 2. The molecule has 4 nitrogen and oxygen atoms in total. The summed E-state index contributed by atoms with van der Waals surface area (Å²) in [5.41, 5.74) is 11.9. The summed E-state index contributed by atoms with van der Waals surface area (Å²) in [5.74, 6) is 0.618. The zero-order chi connectivity index (χ0) is 35.0. The van der Waals surface area contributed by atoms with Gasteiger partial charge >= 0.3 is 0 Å². The zero-order valence-electron chi connectivity index (χ0n) is 29.1. The molecule has 7 aromatic carbocycles. The number of benzene rings is 7. The van der Waals surface area contributed by atoms with E-state index < -0.39 is 0 Å². The minimum Gasteiger partial charge on any atom is -0.309 e. The van der Waals surface area contributed by atoms with E-state index in [0.29, 0.717) is 5.96 Å². The van der Waals surface area contributed by atoms with Crippen LogP contribution in [0.25, 0.3) is 66.1 Å². The van der Waals surface area contributed by atoms with Gasteiger partial charge in [-0.15, -0.1) is 0 Å². The first kappa shape index (κ1) is 31.2. The molecule has 2 aromatic heterocycles. The van der Waals surface area contributed by atoms with E-state index in [1.54, 1.807) is 0 Å². The average molecular weight is 669 g/mol. The Hall–Kier alpha value is -6.78. The standard InChI is InChI=1S/C48H36N4/c1-3-43(35-19-9-5-10-20-35)50-48(49-33(2)34-17-7-4-8-18-34)52-45-26-16-14-24-40(45)42-32-37(28-30-47(42)52)36-27-29-46-41(31-36)39-23-13-15-25-44(39)51(46)38-21-11-6-12-22-38/h3-32H,1-2H3/b43-3+,49-33?,50-48?. The number of hydrogen-bond donors (Lipinski definition) is 0. The molecule has 0 atom stereocenters. The molecule has 248 valence electrons. The largest absolute Gasteiger partial charge is 0.309 e. The van der Waals surface area contributed by atoms with Crippen molar-refractivity contribution in [2.45, 2.75) is 13.8 Å². The van der Waals surface area contributed by atoms with Gasteiger partial charge in [-0.05, 0) is 84.6 Å². The molecular weight excluding hydrogens is 633 g/mol. The van der Waals surface area contributed by atoms with E-state index in [0.717, 1.165) is 55.6 Å². The van der Waals surface area contributed by atoms with Gasteiger partial charge in [-0.25, -0.2) is 9.98 Å². The third-order valence-corrected chi connectivity index (χ3v) is 9.92. The maximum atomic E-state index is 5.29. The van der Waals surface area contributed by atoms with E-state index in [-0.39, 0.29) is 0 Å². The smallest absolute Gasteiger partial charge is 0.235 e. The van der Waals surface area contributed by atoms with Crippen LogP contribution in [-0.2, 0) is 0 Å². The minimum atomic E-state index is 0.618. The topological polar surface area (TPSA) is 34.6 Å². The van der Waals surface area contributed by atoms with Gasteiger partial charge in [0.1, 0.15) is 0 Å². The highest BCUT2D eigenvalue weighted by Crippen LogP contribution is 2.37. The van der Waals surface area contributed by atoms with Crippen LogP contribution in [0.3, 0.4) is 0 Å². The first-order valence-electron chi connectivity index (χ1n) is 17.7. The molecular formula is C48H36N4. The second-order valence-corrected chi connectivity index (χ2v) is 13.0. The molecule has 0 fully saturated rings. The molecule has 0 bridgehead atoms. The maximum Gasteiger partial charge on any atom is 0.235 e. The van der Waals surface area contributed by atoms with Gasteiger partial charge < -0.3 is 4.57 Å². The Morgan fingerprint density at radius 1 is 0.462 bits per heavy atom. The van der Waals surface area contributed by atoms with Crippen LogP contribution < -0.4 is 0 Å². The maximum absolute atomic E-state index is 5.29. The van der Waals surface area contributed by atoms with E-state index >= 15 is 0 Å². The van der Waals surface area contributed by atoms with Crippen molar-refractivity contribution >= 4 is 61.0 Å². The molecule has 0 saturated carbocycles. The Morgan fingerprint density at radius 2 is 0.942 bits per heavy atom. The van der Waals surface area contributed by atoms with Gasteiger partial charge in [-0.1, -0.05) is 133 Å². The number of aliphatic imine (C=N–C) groups is 2. The molecule has 0 N–H and O–H groups in total. The third-order valence-electron chi connectivity index (χ3n) is 9.92. The highest BCUT2D eigenvalue weighted by Gasteiger charge is 2.18. The van der Waals surface area contributed by atoms with Crippen molar-refractivity contribution in [3.63, 3.8) is 0 Å². The number of hydrogen-bond acceptors (Lipinski definition) is 1. The van der Waals surface area contributed by atoms with Gasteiger partial charge in [0, 0.05) is 32.9 Å². The Labute approximate surface area is 303 Å². The van der Waals surface area contributed by atoms with Crippen LogP contribution in [0.4, 0.5) is 0 Å². The third kappa shape index (κ3) is 5.42. The lowest BCUT2D eigenvalue weighted by atomic mass is 10.0. The van der Waals surface area contributed by atoms with Crippen molar-refractivity contribution in [3.05, 3.63) is 193 Å². The van der Waals surface area contributed by atoms with Crippen molar-refractivity contribution in [2.24, 2.45) is 9.98 Å². The summed E-state index contributed by atoms with van der Waals surface area (Å²) in [6.45, 7) is 4.09. The fraction of sp³-hybridized carbons (Fsp3) is 0.0417. The molecule has 9 aromatic rings. The summed E-state index contributed by atoms with van der Waals surface area (Å²) in [6, 6.07) is 62.1. The monoisotopic (exact) mass is 668 g/mol.